The maximum absolute atomic E-state index is 10.6. The van der Waals surface area contributed by atoms with E-state index in [1.165, 1.54) is 12.1 Å². The van der Waals surface area contributed by atoms with Gasteiger partial charge in [-0.2, -0.15) is 0 Å². The summed E-state index contributed by atoms with van der Waals surface area (Å²) in [5.74, 6) is -1.15. The van der Waals surface area contributed by atoms with Crippen molar-refractivity contribution in [3.8, 4) is 0 Å². The van der Waals surface area contributed by atoms with E-state index in [2.05, 4.69) is 4.98 Å². The van der Waals surface area contributed by atoms with Gasteiger partial charge in [0, 0.05) is 0 Å². The van der Waals surface area contributed by atoms with Crippen molar-refractivity contribution in [2.45, 2.75) is 6.04 Å². The van der Waals surface area contributed by atoms with Crippen LogP contribution in [0.15, 0.2) is 12.1 Å². The summed E-state index contributed by atoms with van der Waals surface area (Å²) in [7, 11) is 0. The Morgan fingerprint density at radius 1 is 1.64 bits per heavy atom. The first kappa shape index (κ1) is 10.9. The molecule has 0 saturated carbocycles. The molecule has 1 atom stereocenters. The van der Waals surface area contributed by atoms with Gasteiger partial charge in [0.2, 0.25) is 0 Å². The maximum atomic E-state index is 10.6. The van der Waals surface area contributed by atoms with Crippen LogP contribution in [0.5, 0.6) is 0 Å². The van der Waals surface area contributed by atoms with Crippen LogP contribution in [0, 0.1) is 0 Å². The second-order valence-electron chi connectivity index (χ2n) is 2.67. The molecule has 4 N–H and O–H groups in total. The van der Waals surface area contributed by atoms with Crippen LogP contribution in [-0.4, -0.2) is 27.8 Å². The largest absolute Gasteiger partial charge is 0.478 e. The fourth-order valence-electron chi connectivity index (χ4n) is 0.908. The molecule has 0 fully saturated rings. The third kappa shape index (κ3) is 2.20. The van der Waals surface area contributed by atoms with Crippen molar-refractivity contribution in [2.75, 3.05) is 6.61 Å². The lowest BCUT2D eigenvalue weighted by molar-refractivity contribution is 0.0696. The Hall–Kier alpha value is -1.17. The van der Waals surface area contributed by atoms with E-state index in [1.54, 1.807) is 0 Å². The third-order valence-corrected chi connectivity index (χ3v) is 1.97. The van der Waals surface area contributed by atoms with Gasteiger partial charge in [0.1, 0.15) is 5.15 Å². The van der Waals surface area contributed by atoms with E-state index in [9.17, 15) is 4.79 Å². The molecule has 0 aromatic carbocycles. The number of hydrogen-bond donors (Lipinski definition) is 3. The highest BCUT2D eigenvalue weighted by molar-refractivity contribution is 6.32. The van der Waals surface area contributed by atoms with E-state index in [-0.39, 0.29) is 17.3 Å². The Labute approximate surface area is 85.1 Å². The summed E-state index contributed by atoms with van der Waals surface area (Å²) in [5, 5.41) is 17.3. The van der Waals surface area contributed by atoms with Gasteiger partial charge >= 0.3 is 5.97 Å². The Balaban J connectivity index is 3.06. The summed E-state index contributed by atoms with van der Waals surface area (Å²) in [6.45, 7) is -0.268. The average Bonchev–Trinajstić information content (AvgIpc) is 2.15. The van der Waals surface area contributed by atoms with Gasteiger partial charge in [-0.15, -0.1) is 0 Å². The van der Waals surface area contributed by atoms with Crippen molar-refractivity contribution in [3.05, 3.63) is 28.5 Å². The Morgan fingerprint density at radius 3 is 2.71 bits per heavy atom. The minimum Gasteiger partial charge on any atom is -0.478 e. The molecule has 0 unspecified atom stereocenters. The topological polar surface area (TPSA) is 96.4 Å². The normalized spacial score (nSPS) is 12.5. The molecule has 5 nitrogen and oxygen atoms in total. The molecule has 0 aliphatic rings. The molecular weight excluding hydrogens is 208 g/mol. The van der Waals surface area contributed by atoms with Crippen molar-refractivity contribution in [1.29, 1.82) is 0 Å². The molecule has 0 aliphatic heterocycles. The van der Waals surface area contributed by atoms with Crippen molar-refractivity contribution in [2.24, 2.45) is 5.73 Å². The van der Waals surface area contributed by atoms with Crippen LogP contribution in [0.4, 0.5) is 0 Å². The standard InChI is InChI=1S/C8H9ClN2O3/c9-7-4(8(13)14)1-2-6(11-7)5(10)3-12/h1-2,5,12H,3,10H2,(H,13,14)/t5-/m0/s1. The highest BCUT2D eigenvalue weighted by Crippen LogP contribution is 2.16. The van der Waals surface area contributed by atoms with Crippen LogP contribution in [0.1, 0.15) is 22.1 Å². The molecule has 1 aromatic heterocycles. The quantitative estimate of drug-likeness (QED) is 0.637. The zero-order chi connectivity index (χ0) is 10.7. The fourth-order valence-corrected chi connectivity index (χ4v) is 1.15. The van der Waals surface area contributed by atoms with Crippen LogP contribution < -0.4 is 5.73 Å². The van der Waals surface area contributed by atoms with Crippen LogP contribution >= 0.6 is 11.6 Å². The number of halogens is 1. The lowest BCUT2D eigenvalue weighted by Gasteiger charge is -2.08. The Bertz CT molecular complexity index is 356. The monoisotopic (exact) mass is 216 g/mol. The van der Waals surface area contributed by atoms with Gasteiger partial charge in [0.05, 0.1) is 23.9 Å². The molecule has 1 rings (SSSR count). The molecule has 0 saturated heterocycles. The second-order valence-corrected chi connectivity index (χ2v) is 3.03. The van der Waals surface area contributed by atoms with E-state index in [1.807, 2.05) is 0 Å². The number of rotatable bonds is 3. The number of nitrogens with two attached hydrogens (primary N) is 1. The molecule has 0 radical (unpaired) electrons. The van der Waals surface area contributed by atoms with Crippen molar-refractivity contribution < 1.29 is 15.0 Å². The van der Waals surface area contributed by atoms with Gasteiger partial charge in [0.25, 0.3) is 0 Å². The molecule has 0 amide bonds. The number of carboxylic acid groups (broad SMARTS) is 1. The second kappa shape index (κ2) is 4.36. The SMILES string of the molecule is N[C@@H](CO)c1ccc(C(=O)O)c(Cl)n1. The number of carbonyl (C=O) groups is 1. The Morgan fingerprint density at radius 2 is 2.29 bits per heavy atom. The molecule has 0 aliphatic carbocycles. The smallest absolute Gasteiger partial charge is 0.338 e. The number of aromatic nitrogens is 1. The molecule has 6 heteroatoms. The lowest BCUT2D eigenvalue weighted by atomic mass is 10.2. The Kier molecular flexibility index (Phi) is 3.40. The zero-order valence-corrected chi connectivity index (χ0v) is 7.90. The van der Waals surface area contributed by atoms with E-state index >= 15 is 0 Å². The van der Waals surface area contributed by atoms with Gasteiger partial charge in [-0.1, -0.05) is 11.6 Å². The van der Waals surface area contributed by atoms with Crippen LogP contribution in [-0.2, 0) is 0 Å². The molecule has 1 aromatic rings. The summed E-state index contributed by atoms with van der Waals surface area (Å²) < 4.78 is 0. The minimum absolute atomic E-state index is 0.0828. The van der Waals surface area contributed by atoms with Crippen LogP contribution in [0.2, 0.25) is 5.15 Å². The number of aliphatic hydroxyl groups excluding tert-OH is 1. The van der Waals surface area contributed by atoms with Crippen molar-refractivity contribution >= 4 is 17.6 Å². The predicted molar refractivity (Wildman–Crippen MR) is 50.2 cm³/mol. The van der Waals surface area contributed by atoms with Gasteiger partial charge in [-0.05, 0) is 12.1 Å². The highest BCUT2D eigenvalue weighted by atomic mass is 35.5. The average molecular weight is 217 g/mol. The number of carboxylic acids is 1. The van der Waals surface area contributed by atoms with Crippen LogP contribution in [0.25, 0.3) is 0 Å². The zero-order valence-electron chi connectivity index (χ0n) is 7.14. The fraction of sp³-hybridized carbons (Fsp3) is 0.250. The van der Waals surface area contributed by atoms with Gasteiger partial charge < -0.3 is 15.9 Å². The first-order valence-corrected chi connectivity index (χ1v) is 4.20. The first-order valence-electron chi connectivity index (χ1n) is 3.82. The molecule has 0 spiro atoms. The van der Waals surface area contributed by atoms with E-state index in [0.717, 1.165) is 0 Å². The summed E-state index contributed by atoms with van der Waals surface area (Å²) in [6.07, 6.45) is 0. The van der Waals surface area contributed by atoms with E-state index < -0.39 is 12.0 Å². The van der Waals surface area contributed by atoms with E-state index in [0.29, 0.717) is 5.69 Å². The summed E-state index contributed by atoms with van der Waals surface area (Å²) >= 11 is 5.60. The third-order valence-electron chi connectivity index (χ3n) is 1.68. The number of hydrogen-bond acceptors (Lipinski definition) is 4. The lowest BCUT2D eigenvalue weighted by Crippen LogP contribution is -2.16. The number of nitrogens with zero attached hydrogens (tertiary/aromatic N) is 1. The first-order chi connectivity index (χ1) is 6.56. The maximum Gasteiger partial charge on any atom is 0.338 e. The summed E-state index contributed by atoms with van der Waals surface area (Å²) in [5.41, 5.74) is 5.75. The number of aliphatic hydroxyl groups is 1. The van der Waals surface area contributed by atoms with Crippen LogP contribution in [0.3, 0.4) is 0 Å². The van der Waals surface area contributed by atoms with Crippen molar-refractivity contribution in [1.82, 2.24) is 4.98 Å². The predicted octanol–water partition coefficient (Wildman–Crippen LogP) is 0.425. The number of pyridine rings is 1. The molecular formula is C8H9ClN2O3. The van der Waals surface area contributed by atoms with E-state index in [4.69, 9.17) is 27.5 Å². The van der Waals surface area contributed by atoms with Gasteiger partial charge in [-0.3, -0.25) is 0 Å². The highest BCUT2D eigenvalue weighted by Gasteiger charge is 2.13. The van der Waals surface area contributed by atoms with Crippen molar-refractivity contribution in [3.63, 3.8) is 0 Å². The molecule has 14 heavy (non-hydrogen) atoms. The molecule has 76 valence electrons. The summed E-state index contributed by atoms with van der Waals surface area (Å²) in [6, 6.07) is 2.09. The molecule has 0 bridgehead atoms. The van der Waals surface area contributed by atoms with Gasteiger partial charge in [-0.25, -0.2) is 9.78 Å². The summed E-state index contributed by atoms with van der Waals surface area (Å²) in [4.78, 5) is 14.3. The van der Waals surface area contributed by atoms with Gasteiger partial charge in [0.15, 0.2) is 0 Å². The minimum atomic E-state index is -1.15. The number of aromatic carboxylic acids is 1. The molecule has 1 heterocycles.